The van der Waals surface area contributed by atoms with E-state index in [0.29, 0.717) is 19.5 Å². The molecule has 0 spiro atoms. The van der Waals surface area contributed by atoms with Crippen LogP contribution in [0.25, 0.3) is 15.7 Å². The van der Waals surface area contributed by atoms with Crippen LogP contribution in [0.1, 0.15) is 10.4 Å². The van der Waals surface area contributed by atoms with Gasteiger partial charge in [0.05, 0.1) is 17.2 Å². The van der Waals surface area contributed by atoms with E-state index < -0.39 is 10.0 Å². The van der Waals surface area contributed by atoms with Crippen molar-refractivity contribution in [1.29, 1.82) is 0 Å². The Labute approximate surface area is 159 Å². The van der Waals surface area contributed by atoms with Crippen molar-refractivity contribution in [3.63, 3.8) is 0 Å². The second kappa shape index (κ2) is 5.98. The molecule has 1 aliphatic heterocycles. The van der Waals surface area contributed by atoms with E-state index in [1.54, 1.807) is 10.7 Å². The topological polar surface area (TPSA) is 92.5 Å². The lowest BCUT2D eigenvalue weighted by Gasteiger charge is -2.24. The monoisotopic (exact) mass is 400 g/mol. The van der Waals surface area contributed by atoms with Gasteiger partial charge in [-0.25, -0.2) is 22.9 Å². The highest BCUT2D eigenvalue weighted by Crippen LogP contribution is 2.38. The van der Waals surface area contributed by atoms with E-state index in [-0.39, 0.29) is 0 Å². The molecule has 0 saturated carbocycles. The molecule has 0 aromatic carbocycles. The van der Waals surface area contributed by atoms with E-state index in [4.69, 9.17) is 0 Å². The Morgan fingerprint density at radius 3 is 3.00 bits per heavy atom. The van der Waals surface area contributed by atoms with Gasteiger partial charge in [-0.05, 0) is 30.2 Å². The molecule has 27 heavy (non-hydrogen) atoms. The van der Waals surface area contributed by atoms with Gasteiger partial charge in [-0.1, -0.05) is 0 Å². The van der Waals surface area contributed by atoms with Gasteiger partial charge in [0.1, 0.15) is 17.0 Å². The van der Waals surface area contributed by atoms with Crippen LogP contribution in [0.3, 0.4) is 0 Å². The van der Waals surface area contributed by atoms with Crippen LogP contribution in [0.4, 0.5) is 11.5 Å². The first-order chi connectivity index (χ1) is 13.0. The van der Waals surface area contributed by atoms with Crippen molar-refractivity contribution in [2.24, 2.45) is 0 Å². The molecular weight excluding hydrogens is 384 g/mol. The van der Waals surface area contributed by atoms with Crippen molar-refractivity contribution in [3.05, 3.63) is 47.4 Å². The molecule has 5 heterocycles. The van der Waals surface area contributed by atoms with Crippen LogP contribution in [0.15, 0.2) is 36.9 Å². The first kappa shape index (κ1) is 16.6. The van der Waals surface area contributed by atoms with Crippen LogP contribution in [0.5, 0.6) is 0 Å². The predicted octanol–water partition coefficient (Wildman–Crippen LogP) is 2.40. The number of sulfonamides is 1. The third-order valence-corrected chi connectivity index (χ3v) is 7.11. The average Bonchev–Trinajstić information content (AvgIpc) is 3.24. The minimum Gasteiger partial charge on any atom is -0.339 e. The fourth-order valence-corrected chi connectivity index (χ4v) is 5.49. The van der Waals surface area contributed by atoms with Crippen LogP contribution in [-0.2, 0) is 23.0 Å². The van der Waals surface area contributed by atoms with Crippen molar-refractivity contribution in [2.45, 2.75) is 13.0 Å². The van der Waals surface area contributed by atoms with Crippen molar-refractivity contribution in [1.82, 2.24) is 23.9 Å². The summed E-state index contributed by atoms with van der Waals surface area (Å²) in [7, 11) is -3.20. The highest BCUT2D eigenvalue weighted by atomic mass is 32.2. The number of fused-ring (bicyclic) bond motifs is 4. The van der Waals surface area contributed by atoms with Gasteiger partial charge < -0.3 is 5.32 Å². The fraction of sp³-hybridized carbons (Fsp3) is 0.235. The summed E-state index contributed by atoms with van der Waals surface area (Å²) in [4.78, 5) is 10.8. The van der Waals surface area contributed by atoms with Crippen molar-refractivity contribution >= 4 is 48.6 Å². The largest absolute Gasteiger partial charge is 0.339 e. The SMILES string of the molecule is CS(=O)(=O)N1CCc2c(sc3ncnc(Nc4ccn5nccc5c4)c23)C1. The van der Waals surface area contributed by atoms with Crippen LogP contribution in [0, 0.1) is 0 Å². The fourth-order valence-electron chi connectivity index (χ4n) is 3.42. The van der Waals surface area contributed by atoms with E-state index in [1.165, 1.54) is 28.2 Å². The first-order valence-corrected chi connectivity index (χ1v) is 11.1. The van der Waals surface area contributed by atoms with Gasteiger partial charge in [-0.15, -0.1) is 11.3 Å². The molecule has 5 rings (SSSR count). The number of nitrogens with zero attached hydrogens (tertiary/aromatic N) is 5. The zero-order valence-electron chi connectivity index (χ0n) is 14.5. The lowest BCUT2D eigenvalue weighted by Crippen LogP contribution is -2.34. The van der Waals surface area contributed by atoms with E-state index in [1.807, 2.05) is 24.4 Å². The van der Waals surface area contributed by atoms with Gasteiger partial charge in [-0.3, -0.25) is 0 Å². The summed E-state index contributed by atoms with van der Waals surface area (Å²) in [6.07, 6.45) is 7.10. The van der Waals surface area contributed by atoms with Gasteiger partial charge in [-0.2, -0.15) is 9.40 Å². The smallest absolute Gasteiger partial charge is 0.211 e. The molecule has 0 aliphatic carbocycles. The maximum Gasteiger partial charge on any atom is 0.211 e. The maximum atomic E-state index is 11.9. The normalized spacial score (nSPS) is 15.3. The number of anilines is 2. The van der Waals surface area contributed by atoms with E-state index in [9.17, 15) is 8.42 Å². The Morgan fingerprint density at radius 1 is 1.26 bits per heavy atom. The van der Waals surface area contributed by atoms with Gasteiger partial charge in [0.2, 0.25) is 10.0 Å². The molecule has 0 unspecified atom stereocenters. The molecule has 4 aromatic rings. The van der Waals surface area contributed by atoms with Gasteiger partial charge in [0.15, 0.2) is 0 Å². The van der Waals surface area contributed by atoms with Gasteiger partial charge in [0, 0.05) is 36.0 Å². The second-order valence-electron chi connectivity index (χ2n) is 6.49. The molecule has 0 radical (unpaired) electrons. The van der Waals surface area contributed by atoms with E-state index in [0.717, 1.165) is 37.7 Å². The molecule has 0 atom stereocenters. The lowest BCUT2D eigenvalue weighted by atomic mass is 10.1. The zero-order valence-corrected chi connectivity index (χ0v) is 16.1. The van der Waals surface area contributed by atoms with E-state index in [2.05, 4.69) is 20.4 Å². The Kier molecular flexibility index (Phi) is 3.67. The quantitative estimate of drug-likeness (QED) is 0.568. The first-order valence-electron chi connectivity index (χ1n) is 8.40. The Hall–Kier alpha value is -2.56. The maximum absolute atomic E-state index is 11.9. The number of pyridine rings is 1. The molecule has 0 saturated heterocycles. The highest BCUT2D eigenvalue weighted by molar-refractivity contribution is 7.88. The third kappa shape index (κ3) is 2.85. The number of hydrogen-bond acceptors (Lipinski definition) is 7. The average molecular weight is 400 g/mol. The van der Waals surface area contributed by atoms with Crippen LogP contribution < -0.4 is 5.32 Å². The molecule has 10 heteroatoms. The summed E-state index contributed by atoms with van der Waals surface area (Å²) in [5.41, 5.74) is 3.04. The Balaban J connectivity index is 1.56. The summed E-state index contributed by atoms with van der Waals surface area (Å²) in [6.45, 7) is 0.879. The minimum atomic E-state index is -3.20. The molecule has 0 bridgehead atoms. The number of nitrogens with one attached hydrogen (secondary N) is 1. The van der Waals surface area contributed by atoms with Gasteiger partial charge >= 0.3 is 0 Å². The summed E-state index contributed by atoms with van der Waals surface area (Å²) in [5, 5.41) is 8.58. The molecule has 4 aromatic heterocycles. The Morgan fingerprint density at radius 2 is 2.15 bits per heavy atom. The van der Waals surface area contributed by atoms with Crippen LogP contribution >= 0.6 is 11.3 Å². The molecule has 138 valence electrons. The molecule has 1 N–H and O–H groups in total. The molecular formula is C17H16N6O2S2. The summed E-state index contributed by atoms with van der Waals surface area (Å²) >= 11 is 1.54. The van der Waals surface area contributed by atoms with Crippen LogP contribution in [-0.4, -0.2) is 45.1 Å². The molecule has 0 amide bonds. The number of thiophene rings is 1. The molecule has 1 aliphatic rings. The number of rotatable bonds is 3. The molecule has 0 fully saturated rings. The van der Waals surface area contributed by atoms with E-state index >= 15 is 0 Å². The standard InChI is InChI=1S/C17H16N6O2S2/c1-27(24,25)22-6-4-13-14(9-22)26-17-15(13)16(18-10-19-17)21-11-3-7-23-12(8-11)2-5-20-23/h2-3,5,7-8,10H,4,6,9H2,1H3,(H,18,19,21). The van der Waals surface area contributed by atoms with Crippen LogP contribution in [0.2, 0.25) is 0 Å². The molecule has 8 nitrogen and oxygen atoms in total. The van der Waals surface area contributed by atoms with Crippen molar-refractivity contribution < 1.29 is 8.42 Å². The Bertz CT molecular complexity index is 1280. The third-order valence-electron chi connectivity index (χ3n) is 4.73. The predicted molar refractivity (Wildman–Crippen MR) is 105 cm³/mol. The zero-order chi connectivity index (χ0) is 18.6. The van der Waals surface area contributed by atoms with Gasteiger partial charge in [0.25, 0.3) is 0 Å². The highest BCUT2D eigenvalue weighted by Gasteiger charge is 2.28. The second-order valence-corrected chi connectivity index (χ2v) is 9.56. The summed E-state index contributed by atoms with van der Waals surface area (Å²) < 4.78 is 27.1. The lowest BCUT2D eigenvalue weighted by molar-refractivity contribution is 0.400. The number of hydrogen-bond donors (Lipinski definition) is 1. The number of aromatic nitrogens is 4. The van der Waals surface area contributed by atoms with Crippen molar-refractivity contribution in [3.8, 4) is 0 Å². The minimum absolute atomic E-state index is 0.399. The van der Waals surface area contributed by atoms with Crippen molar-refractivity contribution in [2.75, 3.05) is 18.1 Å². The summed E-state index contributed by atoms with van der Waals surface area (Å²) in [6, 6.07) is 5.89. The summed E-state index contributed by atoms with van der Waals surface area (Å²) in [5.74, 6) is 0.745.